The van der Waals surface area contributed by atoms with Gasteiger partial charge in [-0.15, -0.1) is 0 Å². The zero-order valence-electron chi connectivity index (χ0n) is 19.7. The Bertz CT molecular complexity index is 903. The Morgan fingerprint density at radius 3 is 2.52 bits per heavy atom. The third kappa shape index (κ3) is 4.70. The summed E-state index contributed by atoms with van der Waals surface area (Å²) in [6.45, 7) is 12.3. The maximum absolute atomic E-state index is 13.3. The molecule has 0 aromatic heterocycles. The molecule has 1 aromatic carbocycles. The van der Waals surface area contributed by atoms with E-state index in [4.69, 9.17) is 4.74 Å². The highest BCUT2D eigenvalue weighted by molar-refractivity contribution is 6.10. The molecule has 2 fully saturated rings. The van der Waals surface area contributed by atoms with Crippen molar-refractivity contribution < 1.29 is 19.1 Å². The molecular weight excluding hydrogens is 394 g/mol. The van der Waals surface area contributed by atoms with Crippen LogP contribution in [0.15, 0.2) is 18.2 Å². The molecular formula is C24H35N3O4. The minimum atomic E-state index is -0.914. The molecule has 0 bridgehead atoms. The van der Waals surface area contributed by atoms with Crippen molar-refractivity contribution in [2.75, 3.05) is 19.0 Å². The second-order valence-corrected chi connectivity index (χ2v) is 11.0. The van der Waals surface area contributed by atoms with Crippen LogP contribution in [-0.4, -0.2) is 41.9 Å². The van der Waals surface area contributed by atoms with Gasteiger partial charge in [-0.1, -0.05) is 47.6 Å². The molecule has 0 radical (unpaired) electrons. The van der Waals surface area contributed by atoms with Crippen molar-refractivity contribution in [2.24, 2.45) is 11.3 Å². The Hall–Kier alpha value is -2.57. The summed E-state index contributed by atoms with van der Waals surface area (Å²) in [6, 6.07) is 5.14. The van der Waals surface area contributed by atoms with Crippen molar-refractivity contribution in [3.8, 4) is 5.75 Å². The fourth-order valence-electron chi connectivity index (χ4n) is 5.26. The van der Waals surface area contributed by atoms with Gasteiger partial charge in [0.25, 0.3) is 5.91 Å². The number of methoxy groups -OCH3 is 1. The second kappa shape index (κ2) is 7.84. The van der Waals surface area contributed by atoms with Gasteiger partial charge in [0, 0.05) is 0 Å². The number of ether oxygens (including phenoxy) is 1. The van der Waals surface area contributed by atoms with Crippen molar-refractivity contribution in [2.45, 2.75) is 71.8 Å². The number of urea groups is 1. The summed E-state index contributed by atoms with van der Waals surface area (Å²) >= 11 is 0. The van der Waals surface area contributed by atoms with Crippen molar-refractivity contribution >= 4 is 23.5 Å². The van der Waals surface area contributed by atoms with E-state index in [1.807, 2.05) is 18.2 Å². The standard InChI is InChI=1S/C24H35N3O4/c1-15-11-23(5,6)14-24(12-15)20(29)27(21(30)26-24)13-19(28)25-17-10-16(22(2,3)4)8-9-18(17)31-7/h8-10,15H,11-14H2,1-7H3,(H,25,28)(H,26,30)/t15-,24-/m1/s1. The summed E-state index contributed by atoms with van der Waals surface area (Å²) in [6.07, 6.45) is 2.18. The number of carbonyl (C=O) groups is 3. The molecule has 1 saturated heterocycles. The lowest BCUT2D eigenvalue weighted by molar-refractivity contribution is -0.136. The number of anilines is 1. The number of imide groups is 1. The number of hydrogen-bond donors (Lipinski definition) is 2. The van der Waals surface area contributed by atoms with Crippen LogP contribution in [0.25, 0.3) is 0 Å². The quantitative estimate of drug-likeness (QED) is 0.707. The van der Waals surface area contributed by atoms with E-state index in [1.54, 1.807) is 0 Å². The lowest BCUT2D eigenvalue weighted by Crippen LogP contribution is -2.54. The average Bonchev–Trinajstić information content (AvgIpc) is 2.82. The Labute approximate surface area is 184 Å². The van der Waals surface area contributed by atoms with Gasteiger partial charge in [0.05, 0.1) is 12.8 Å². The van der Waals surface area contributed by atoms with Crippen LogP contribution >= 0.6 is 0 Å². The molecule has 2 N–H and O–H groups in total. The maximum atomic E-state index is 13.3. The van der Waals surface area contributed by atoms with Gasteiger partial charge in [0.2, 0.25) is 5.91 Å². The molecule has 31 heavy (non-hydrogen) atoms. The highest BCUT2D eigenvalue weighted by Crippen LogP contribution is 2.46. The number of nitrogens with one attached hydrogen (secondary N) is 2. The highest BCUT2D eigenvalue weighted by Gasteiger charge is 2.56. The molecule has 7 nitrogen and oxygen atoms in total. The zero-order valence-corrected chi connectivity index (χ0v) is 19.7. The minimum Gasteiger partial charge on any atom is -0.495 e. The first kappa shape index (κ1) is 23.1. The van der Waals surface area contributed by atoms with E-state index < -0.39 is 17.5 Å². The average molecular weight is 430 g/mol. The second-order valence-electron chi connectivity index (χ2n) is 11.0. The lowest BCUT2D eigenvalue weighted by atomic mass is 9.64. The normalized spacial score (nSPS) is 25.5. The van der Waals surface area contributed by atoms with Gasteiger partial charge in [-0.05, 0) is 53.7 Å². The van der Waals surface area contributed by atoms with E-state index in [0.29, 0.717) is 30.2 Å². The molecule has 170 valence electrons. The van der Waals surface area contributed by atoms with Crippen LogP contribution in [0.1, 0.15) is 66.4 Å². The van der Waals surface area contributed by atoms with Crippen LogP contribution in [0.2, 0.25) is 0 Å². The Balaban J connectivity index is 1.77. The summed E-state index contributed by atoms with van der Waals surface area (Å²) in [7, 11) is 1.54. The van der Waals surface area contributed by atoms with Crippen molar-refractivity contribution in [1.82, 2.24) is 10.2 Å². The van der Waals surface area contributed by atoms with Crippen LogP contribution in [0, 0.1) is 11.3 Å². The molecule has 1 heterocycles. The first-order valence-corrected chi connectivity index (χ1v) is 10.9. The van der Waals surface area contributed by atoms with Gasteiger partial charge in [-0.25, -0.2) is 4.79 Å². The van der Waals surface area contributed by atoms with Crippen molar-refractivity contribution in [3.05, 3.63) is 23.8 Å². The molecule has 1 aliphatic heterocycles. The van der Waals surface area contributed by atoms with Gasteiger partial charge in [-0.3, -0.25) is 14.5 Å². The van der Waals surface area contributed by atoms with E-state index in [-0.39, 0.29) is 23.3 Å². The largest absolute Gasteiger partial charge is 0.495 e. The smallest absolute Gasteiger partial charge is 0.325 e. The number of carbonyl (C=O) groups excluding carboxylic acids is 3. The predicted molar refractivity (Wildman–Crippen MR) is 120 cm³/mol. The molecule has 1 spiro atoms. The van der Waals surface area contributed by atoms with Crippen LogP contribution in [0.4, 0.5) is 10.5 Å². The molecule has 0 unspecified atom stereocenters. The zero-order chi connectivity index (χ0) is 23.2. The minimum absolute atomic E-state index is 0.0559. The van der Waals surface area contributed by atoms with Gasteiger partial charge < -0.3 is 15.4 Å². The highest BCUT2D eigenvalue weighted by atomic mass is 16.5. The van der Waals surface area contributed by atoms with Gasteiger partial charge in [0.15, 0.2) is 0 Å². The fourth-order valence-corrected chi connectivity index (χ4v) is 5.26. The molecule has 1 aliphatic carbocycles. The van der Waals surface area contributed by atoms with E-state index in [2.05, 4.69) is 52.2 Å². The number of nitrogens with zero attached hydrogens (tertiary/aromatic N) is 1. The van der Waals surface area contributed by atoms with E-state index >= 15 is 0 Å². The Morgan fingerprint density at radius 2 is 1.94 bits per heavy atom. The molecule has 1 aromatic rings. The molecule has 4 amide bonds. The molecule has 2 aliphatic rings. The van der Waals surface area contributed by atoms with Gasteiger partial charge >= 0.3 is 6.03 Å². The molecule has 7 heteroatoms. The maximum Gasteiger partial charge on any atom is 0.325 e. The number of hydrogen-bond acceptors (Lipinski definition) is 4. The van der Waals surface area contributed by atoms with E-state index in [9.17, 15) is 14.4 Å². The first-order valence-electron chi connectivity index (χ1n) is 10.9. The van der Waals surface area contributed by atoms with Crippen LogP contribution in [0.3, 0.4) is 0 Å². The van der Waals surface area contributed by atoms with Crippen LogP contribution in [0.5, 0.6) is 5.75 Å². The van der Waals surface area contributed by atoms with Crippen molar-refractivity contribution in [3.63, 3.8) is 0 Å². The predicted octanol–water partition coefficient (Wildman–Crippen LogP) is 4.07. The van der Waals surface area contributed by atoms with E-state index in [1.165, 1.54) is 7.11 Å². The Morgan fingerprint density at radius 1 is 1.26 bits per heavy atom. The van der Waals surface area contributed by atoms with Crippen molar-refractivity contribution in [1.29, 1.82) is 0 Å². The lowest BCUT2D eigenvalue weighted by Gasteiger charge is -2.43. The fraction of sp³-hybridized carbons (Fsp3) is 0.625. The summed E-state index contributed by atoms with van der Waals surface area (Å²) in [4.78, 5) is 39.8. The first-order chi connectivity index (χ1) is 14.3. The summed E-state index contributed by atoms with van der Waals surface area (Å²) in [5.41, 5.74) is 0.486. The third-order valence-electron chi connectivity index (χ3n) is 6.27. The van der Waals surface area contributed by atoms with Crippen LogP contribution in [-0.2, 0) is 15.0 Å². The topological polar surface area (TPSA) is 87.7 Å². The summed E-state index contributed by atoms with van der Waals surface area (Å²) in [5, 5.41) is 5.73. The summed E-state index contributed by atoms with van der Waals surface area (Å²) < 4.78 is 5.38. The number of rotatable bonds is 4. The summed E-state index contributed by atoms with van der Waals surface area (Å²) in [5.74, 6) is 0.0970. The number of amides is 4. The molecule has 2 atom stereocenters. The monoisotopic (exact) mass is 429 g/mol. The van der Waals surface area contributed by atoms with Gasteiger partial charge in [-0.2, -0.15) is 0 Å². The third-order valence-corrected chi connectivity index (χ3v) is 6.27. The van der Waals surface area contributed by atoms with E-state index in [0.717, 1.165) is 16.9 Å². The Kier molecular flexibility index (Phi) is 5.84. The number of benzene rings is 1. The van der Waals surface area contributed by atoms with Gasteiger partial charge in [0.1, 0.15) is 17.8 Å². The molecule has 3 rings (SSSR count). The molecule has 1 saturated carbocycles. The van der Waals surface area contributed by atoms with Crippen LogP contribution < -0.4 is 15.4 Å². The SMILES string of the molecule is COc1ccc(C(C)(C)C)cc1NC(=O)CN1C(=O)N[C@@]2(C[C@H](C)CC(C)(C)C2)C1=O.